The number of piperazine rings is 1. The number of benzene rings is 1. The van der Waals surface area contributed by atoms with E-state index in [1.54, 1.807) is 25.2 Å². The predicted molar refractivity (Wildman–Crippen MR) is 125 cm³/mol. The lowest BCUT2D eigenvalue weighted by Gasteiger charge is -2.37. The molecule has 1 fully saturated rings. The molecule has 0 atom stereocenters. The maximum Gasteiger partial charge on any atom is 0.328 e. The number of hydrogen-bond acceptors (Lipinski definition) is 6. The number of amides is 1. The molecule has 1 amide bonds. The Morgan fingerprint density at radius 1 is 1.19 bits per heavy atom. The van der Waals surface area contributed by atoms with E-state index in [0.717, 1.165) is 47.7 Å². The summed E-state index contributed by atoms with van der Waals surface area (Å²) in [5, 5.41) is 2.99. The molecule has 0 saturated carbocycles. The van der Waals surface area contributed by atoms with Gasteiger partial charge in [-0.2, -0.15) is 0 Å². The lowest BCUT2D eigenvalue weighted by Crippen LogP contribution is -2.46. The van der Waals surface area contributed by atoms with E-state index >= 15 is 0 Å². The third-order valence-corrected chi connectivity index (χ3v) is 5.99. The van der Waals surface area contributed by atoms with Crippen LogP contribution in [0.25, 0.3) is 10.9 Å². The molecular weight excluding hydrogens is 407 g/mol. The Morgan fingerprint density at radius 3 is 2.56 bits per heavy atom. The standard InChI is InChI=1S/C22H25BN6O3/c1-13-19(5-4-17(25-13)20(30)24-2)29-8-6-28(7-9-29)12-14-10-18-15(11-16(14)23)21(31)27(3)22(32)26-18/h4-5,10-11H,6-9,12H2,1-3H3,(H,24,30)(H,26,32). The monoisotopic (exact) mass is 432 g/mol. The van der Waals surface area contributed by atoms with Gasteiger partial charge in [0.25, 0.3) is 11.5 Å². The molecule has 9 nitrogen and oxygen atoms in total. The number of aromatic amines is 1. The number of aromatic nitrogens is 3. The summed E-state index contributed by atoms with van der Waals surface area (Å²) in [7, 11) is 9.26. The lowest BCUT2D eigenvalue weighted by atomic mass is 9.88. The van der Waals surface area contributed by atoms with E-state index in [2.05, 4.69) is 25.1 Å². The Morgan fingerprint density at radius 2 is 1.91 bits per heavy atom. The Kier molecular flexibility index (Phi) is 5.88. The summed E-state index contributed by atoms with van der Waals surface area (Å²) in [6.07, 6.45) is 0. The van der Waals surface area contributed by atoms with Crippen molar-refractivity contribution in [1.29, 1.82) is 0 Å². The van der Waals surface area contributed by atoms with Gasteiger partial charge in [-0.25, -0.2) is 9.78 Å². The van der Waals surface area contributed by atoms with Crippen LogP contribution >= 0.6 is 0 Å². The second kappa shape index (κ2) is 8.62. The van der Waals surface area contributed by atoms with Crippen molar-refractivity contribution in [3.05, 3.63) is 62.1 Å². The van der Waals surface area contributed by atoms with E-state index in [9.17, 15) is 14.4 Å². The minimum Gasteiger partial charge on any atom is -0.368 e. The van der Waals surface area contributed by atoms with E-state index < -0.39 is 5.69 Å². The number of aryl methyl sites for hydroxylation is 1. The van der Waals surface area contributed by atoms with Gasteiger partial charge >= 0.3 is 5.69 Å². The first-order valence-corrected chi connectivity index (χ1v) is 10.5. The van der Waals surface area contributed by atoms with Crippen LogP contribution in [-0.4, -0.2) is 66.4 Å². The normalized spacial score (nSPS) is 14.7. The van der Waals surface area contributed by atoms with Gasteiger partial charge in [-0.05, 0) is 30.7 Å². The summed E-state index contributed by atoms with van der Waals surface area (Å²) >= 11 is 0. The van der Waals surface area contributed by atoms with Crippen LogP contribution in [0.1, 0.15) is 21.7 Å². The summed E-state index contributed by atoms with van der Waals surface area (Å²) in [6.45, 7) is 5.80. The molecule has 0 spiro atoms. The SMILES string of the molecule is [B]c1cc2c(=O)n(C)c(=O)[nH]c2cc1CN1CCN(c2ccc(C(=O)NC)nc2C)CC1. The third kappa shape index (κ3) is 4.05. The summed E-state index contributed by atoms with van der Waals surface area (Å²) < 4.78 is 1.04. The number of anilines is 1. The minimum atomic E-state index is -0.446. The Hall–Kier alpha value is -3.40. The van der Waals surface area contributed by atoms with Gasteiger partial charge in [-0.15, -0.1) is 0 Å². The average Bonchev–Trinajstić information content (AvgIpc) is 2.79. The molecule has 164 valence electrons. The molecular formula is C22H25BN6O3. The number of pyridine rings is 1. The van der Waals surface area contributed by atoms with Gasteiger partial charge < -0.3 is 15.2 Å². The summed E-state index contributed by atoms with van der Waals surface area (Å²) in [5.74, 6) is -0.198. The highest BCUT2D eigenvalue weighted by Crippen LogP contribution is 2.21. The molecule has 32 heavy (non-hydrogen) atoms. The molecule has 1 aromatic carbocycles. The van der Waals surface area contributed by atoms with E-state index in [1.165, 1.54) is 7.05 Å². The van der Waals surface area contributed by atoms with E-state index in [-0.39, 0.29) is 11.5 Å². The van der Waals surface area contributed by atoms with Crippen LogP contribution in [-0.2, 0) is 13.6 Å². The molecule has 2 radical (unpaired) electrons. The Bertz CT molecular complexity index is 1310. The first-order chi connectivity index (χ1) is 15.3. The molecule has 4 rings (SSSR count). The topological polar surface area (TPSA) is 103 Å². The largest absolute Gasteiger partial charge is 0.368 e. The molecule has 0 aliphatic carbocycles. The van der Waals surface area contributed by atoms with Gasteiger partial charge in [-0.3, -0.25) is 19.1 Å². The molecule has 3 heterocycles. The zero-order chi connectivity index (χ0) is 23.0. The van der Waals surface area contributed by atoms with Crippen molar-refractivity contribution >= 4 is 35.8 Å². The molecule has 10 heteroatoms. The summed E-state index contributed by atoms with van der Waals surface area (Å²) in [4.78, 5) is 47.8. The van der Waals surface area contributed by atoms with Crippen molar-refractivity contribution in [3.8, 4) is 0 Å². The van der Waals surface area contributed by atoms with Crippen LogP contribution in [0.4, 0.5) is 5.69 Å². The quantitative estimate of drug-likeness (QED) is 0.535. The first kappa shape index (κ1) is 21.8. The van der Waals surface area contributed by atoms with Gasteiger partial charge in [0, 0.05) is 46.8 Å². The number of nitrogens with zero attached hydrogens (tertiary/aromatic N) is 4. The molecule has 0 unspecified atom stereocenters. The summed E-state index contributed by atoms with van der Waals surface area (Å²) in [5.41, 5.74) is 3.36. The van der Waals surface area contributed by atoms with Gasteiger partial charge in [0.05, 0.1) is 22.3 Å². The van der Waals surface area contributed by atoms with Crippen LogP contribution in [0.2, 0.25) is 0 Å². The maximum atomic E-state index is 12.3. The highest BCUT2D eigenvalue weighted by Gasteiger charge is 2.20. The number of fused-ring (bicyclic) bond motifs is 1. The maximum absolute atomic E-state index is 12.3. The average molecular weight is 432 g/mol. The van der Waals surface area contributed by atoms with E-state index in [4.69, 9.17) is 7.85 Å². The molecule has 3 aromatic rings. The molecule has 1 aliphatic rings. The van der Waals surface area contributed by atoms with Crippen molar-refractivity contribution in [1.82, 2.24) is 24.8 Å². The van der Waals surface area contributed by atoms with Crippen LogP contribution in [0.3, 0.4) is 0 Å². The van der Waals surface area contributed by atoms with Crippen LogP contribution in [0.5, 0.6) is 0 Å². The fourth-order valence-electron chi connectivity index (χ4n) is 4.08. The molecule has 2 N–H and O–H groups in total. The van der Waals surface area contributed by atoms with Gasteiger partial charge in [-0.1, -0.05) is 11.5 Å². The highest BCUT2D eigenvalue weighted by molar-refractivity contribution is 6.34. The van der Waals surface area contributed by atoms with Gasteiger partial charge in [0.2, 0.25) is 0 Å². The fourth-order valence-corrected chi connectivity index (χ4v) is 4.08. The second-order valence-corrected chi connectivity index (χ2v) is 8.03. The van der Waals surface area contributed by atoms with E-state index in [0.29, 0.717) is 28.6 Å². The summed E-state index contributed by atoms with van der Waals surface area (Å²) in [6, 6.07) is 7.13. The van der Waals surface area contributed by atoms with Crippen LogP contribution in [0.15, 0.2) is 33.9 Å². The number of nitrogens with one attached hydrogen (secondary N) is 2. The Balaban J connectivity index is 1.48. The van der Waals surface area contributed by atoms with Crippen molar-refractivity contribution in [2.45, 2.75) is 13.5 Å². The zero-order valence-electron chi connectivity index (χ0n) is 18.4. The number of hydrogen-bond donors (Lipinski definition) is 2. The number of rotatable bonds is 4. The smallest absolute Gasteiger partial charge is 0.328 e. The fraction of sp³-hybridized carbons (Fsp3) is 0.364. The van der Waals surface area contributed by atoms with Gasteiger partial charge in [0.15, 0.2) is 0 Å². The minimum absolute atomic E-state index is 0.198. The lowest BCUT2D eigenvalue weighted by molar-refractivity contribution is 0.0958. The first-order valence-electron chi connectivity index (χ1n) is 10.5. The highest BCUT2D eigenvalue weighted by atomic mass is 16.2. The third-order valence-electron chi connectivity index (χ3n) is 5.99. The van der Waals surface area contributed by atoms with Crippen molar-refractivity contribution in [2.24, 2.45) is 7.05 Å². The van der Waals surface area contributed by atoms with Gasteiger partial charge in [0.1, 0.15) is 13.5 Å². The van der Waals surface area contributed by atoms with Crippen LogP contribution < -0.4 is 26.9 Å². The molecule has 1 aliphatic heterocycles. The van der Waals surface area contributed by atoms with E-state index in [1.807, 2.05) is 13.0 Å². The molecule has 1 saturated heterocycles. The predicted octanol–water partition coefficient (Wildman–Crippen LogP) is -0.594. The van der Waals surface area contributed by atoms with Crippen LogP contribution in [0, 0.1) is 6.92 Å². The number of carbonyl (C=O) groups is 1. The molecule has 0 bridgehead atoms. The van der Waals surface area contributed by atoms with Crippen molar-refractivity contribution < 1.29 is 4.79 Å². The van der Waals surface area contributed by atoms with Crippen molar-refractivity contribution in [3.63, 3.8) is 0 Å². The Labute approximate surface area is 186 Å². The molecule has 2 aromatic heterocycles. The second-order valence-electron chi connectivity index (χ2n) is 8.03. The number of H-pyrrole nitrogens is 1. The van der Waals surface area contributed by atoms with Crippen molar-refractivity contribution in [2.75, 3.05) is 38.1 Å². The zero-order valence-corrected chi connectivity index (χ0v) is 18.4. The number of carbonyl (C=O) groups excluding carboxylic acids is 1.